The molecule has 2 N–H and O–H groups in total. The van der Waals surface area contributed by atoms with Gasteiger partial charge in [0, 0.05) is 32.2 Å². The molecule has 130 valence electrons. The minimum absolute atomic E-state index is 0.138. The van der Waals surface area contributed by atoms with Crippen LogP contribution in [0.5, 0.6) is 5.75 Å². The molecule has 0 radical (unpaired) electrons. The molecule has 23 heavy (non-hydrogen) atoms. The fourth-order valence-corrected chi connectivity index (χ4v) is 3.32. The first-order valence-electron chi connectivity index (χ1n) is 8.40. The van der Waals surface area contributed by atoms with E-state index < -0.39 is 6.10 Å². The Balaban J connectivity index is 1.85. The lowest BCUT2D eigenvalue weighted by Crippen LogP contribution is -2.49. The molecule has 0 bridgehead atoms. The molecule has 4 unspecified atom stereocenters. The maximum Gasteiger partial charge on any atom is 0.115 e. The Bertz CT molecular complexity index is 487. The highest BCUT2D eigenvalue weighted by molar-refractivity contribution is 5.29. The third kappa shape index (κ3) is 5.46. The highest BCUT2D eigenvalue weighted by atomic mass is 16.5. The van der Waals surface area contributed by atoms with E-state index in [4.69, 9.17) is 4.74 Å². The average molecular weight is 322 g/mol. The van der Waals surface area contributed by atoms with Crippen molar-refractivity contribution in [1.82, 2.24) is 9.80 Å². The second-order valence-electron chi connectivity index (χ2n) is 6.84. The maximum atomic E-state index is 10.4. The van der Waals surface area contributed by atoms with E-state index in [0.717, 1.165) is 18.7 Å². The summed E-state index contributed by atoms with van der Waals surface area (Å²) in [6.07, 6.45) is 0.0297. The number of phenols is 1. The maximum absolute atomic E-state index is 10.4. The van der Waals surface area contributed by atoms with Crippen molar-refractivity contribution in [3.63, 3.8) is 0 Å². The van der Waals surface area contributed by atoms with Crippen LogP contribution in [0.25, 0.3) is 0 Å². The first kappa shape index (κ1) is 18.2. The molecule has 0 saturated carbocycles. The van der Waals surface area contributed by atoms with Crippen molar-refractivity contribution in [2.45, 2.75) is 45.1 Å². The van der Waals surface area contributed by atoms with Gasteiger partial charge in [0.25, 0.3) is 0 Å². The predicted octanol–water partition coefficient (Wildman–Crippen LogP) is 1.86. The van der Waals surface area contributed by atoms with Crippen LogP contribution in [0.15, 0.2) is 24.3 Å². The van der Waals surface area contributed by atoms with Crippen LogP contribution in [0.3, 0.4) is 0 Å². The summed E-state index contributed by atoms with van der Waals surface area (Å²) >= 11 is 0. The van der Waals surface area contributed by atoms with Crippen LogP contribution in [0.4, 0.5) is 0 Å². The quantitative estimate of drug-likeness (QED) is 0.837. The third-order valence-electron chi connectivity index (χ3n) is 4.48. The van der Waals surface area contributed by atoms with Gasteiger partial charge in [-0.05, 0) is 45.5 Å². The molecule has 0 amide bonds. The molecule has 1 heterocycles. The van der Waals surface area contributed by atoms with Crippen molar-refractivity contribution in [1.29, 1.82) is 0 Å². The van der Waals surface area contributed by atoms with Gasteiger partial charge in [0.2, 0.25) is 0 Å². The molecule has 1 aromatic carbocycles. The highest BCUT2D eigenvalue weighted by Gasteiger charge is 2.25. The minimum atomic E-state index is -0.405. The number of aliphatic hydroxyl groups is 1. The van der Waals surface area contributed by atoms with E-state index in [1.54, 1.807) is 12.1 Å². The molecule has 1 aliphatic rings. The molecule has 1 aliphatic heterocycles. The number of β-amino-alcohol motifs (C(OH)–C–C–N with tert-alkyl or cyclic N) is 1. The summed E-state index contributed by atoms with van der Waals surface area (Å²) in [5.74, 6) is 0.277. The smallest absolute Gasteiger partial charge is 0.115 e. The molecule has 1 fully saturated rings. The summed E-state index contributed by atoms with van der Waals surface area (Å²) in [7, 11) is 2.00. The zero-order valence-corrected chi connectivity index (χ0v) is 14.6. The number of morpholine rings is 1. The SMILES string of the molecule is CC1CN(CC(O)CN(C)C(C)c2cccc(O)c2)CC(C)O1. The first-order valence-corrected chi connectivity index (χ1v) is 8.40. The normalized spacial score (nSPS) is 25.5. The van der Waals surface area contributed by atoms with Gasteiger partial charge in [-0.3, -0.25) is 9.80 Å². The number of phenolic OH excluding ortho intramolecular Hbond substituents is 1. The fraction of sp³-hybridized carbons (Fsp3) is 0.667. The summed E-state index contributed by atoms with van der Waals surface area (Å²) in [5, 5.41) is 20.0. The Kier molecular flexibility index (Phi) is 6.41. The van der Waals surface area contributed by atoms with E-state index in [-0.39, 0.29) is 24.0 Å². The molecule has 0 aliphatic carbocycles. The van der Waals surface area contributed by atoms with Crippen LogP contribution in [-0.4, -0.2) is 71.6 Å². The Hall–Kier alpha value is -1.14. The van der Waals surface area contributed by atoms with Gasteiger partial charge in [-0.15, -0.1) is 0 Å². The van der Waals surface area contributed by atoms with Crippen molar-refractivity contribution < 1.29 is 14.9 Å². The molecular formula is C18H30N2O3. The van der Waals surface area contributed by atoms with E-state index in [9.17, 15) is 10.2 Å². The fourth-order valence-electron chi connectivity index (χ4n) is 3.32. The number of ether oxygens (including phenoxy) is 1. The molecule has 2 rings (SSSR count). The molecule has 1 aromatic rings. The Morgan fingerprint density at radius 1 is 1.30 bits per heavy atom. The van der Waals surface area contributed by atoms with E-state index in [1.165, 1.54) is 0 Å². The number of nitrogens with zero attached hydrogens (tertiary/aromatic N) is 2. The van der Waals surface area contributed by atoms with Crippen molar-refractivity contribution >= 4 is 0 Å². The lowest BCUT2D eigenvalue weighted by atomic mass is 10.1. The number of hydrogen-bond donors (Lipinski definition) is 2. The second kappa shape index (κ2) is 8.11. The van der Waals surface area contributed by atoms with Gasteiger partial charge in [0.05, 0.1) is 18.3 Å². The van der Waals surface area contributed by atoms with Gasteiger partial charge < -0.3 is 14.9 Å². The van der Waals surface area contributed by atoms with E-state index in [1.807, 2.05) is 19.2 Å². The van der Waals surface area contributed by atoms with Crippen molar-refractivity contribution in [2.24, 2.45) is 0 Å². The zero-order valence-electron chi connectivity index (χ0n) is 14.6. The summed E-state index contributed by atoms with van der Waals surface area (Å²) in [5.41, 5.74) is 1.05. The predicted molar refractivity (Wildman–Crippen MR) is 91.6 cm³/mol. The Labute approximate surface area is 139 Å². The number of hydrogen-bond acceptors (Lipinski definition) is 5. The highest BCUT2D eigenvalue weighted by Crippen LogP contribution is 2.22. The summed E-state index contributed by atoms with van der Waals surface area (Å²) < 4.78 is 5.73. The number of aliphatic hydroxyl groups excluding tert-OH is 1. The zero-order chi connectivity index (χ0) is 17.0. The van der Waals surface area contributed by atoms with Gasteiger partial charge in [-0.25, -0.2) is 0 Å². The standard InChI is InChI=1S/C18H30N2O3/c1-13-9-20(10-14(2)23-13)12-18(22)11-19(4)15(3)16-6-5-7-17(21)8-16/h5-8,13-15,18,21-22H,9-12H2,1-4H3. The third-order valence-corrected chi connectivity index (χ3v) is 4.48. The van der Waals surface area contributed by atoms with Crippen molar-refractivity contribution in [2.75, 3.05) is 33.2 Å². The Morgan fingerprint density at radius 3 is 2.57 bits per heavy atom. The van der Waals surface area contributed by atoms with Crippen molar-refractivity contribution in [3.05, 3.63) is 29.8 Å². The monoisotopic (exact) mass is 322 g/mol. The van der Waals surface area contributed by atoms with Crippen LogP contribution in [0.1, 0.15) is 32.4 Å². The Morgan fingerprint density at radius 2 is 1.96 bits per heavy atom. The van der Waals surface area contributed by atoms with Crippen LogP contribution >= 0.6 is 0 Å². The number of rotatable bonds is 6. The summed E-state index contributed by atoms with van der Waals surface area (Å²) in [6, 6.07) is 7.44. The molecule has 5 nitrogen and oxygen atoms in total. The van der Waals surface area contributed by atoms with Gasteiger partial charge in [-0.2, -0.15) is 0 Å². The summed E-state index contributed by atoms with van der Waals surface area (Å²) in [4.78, 5) is 4.39. The molecule has 0 aromatic heterocycles. The van der Waals surface area contributed by atoms with Crippen LogP contribution in [0, 0.1) is 0 Å². The summed E-state index contributed by atoms with van der Waals surface area (Å²) in [6.45, 7) is 9.23. The second-order valence-corrected chi connectivity index (χ2v) is 6.84. The van der Waals surface area contributed by atoms with Crippen molar-refractivity contribution in [3.8, 4) is 5.75 Å². The van der Waals surface area contributed by atoms with E-state index in [0.29, 0.717) is 13.1 Å². The number of aromatic hydroxyl groups is 1. The molecule has 1 saturated heterocycles. The van der Waals surface area contributed by atoms with Gasteiger partial charge >= 0.3 is 0 Å². The minimum Gasteiger partial charge on any atom is -0.508 e. The van der Waals surface area contributed by atoms with Crippen LogP contribution in [-0.2, 0) is 4.74 Å². The van der Waals surface area contributed by atoms with Gasteiger partial charge in [0.15, 0.2) is 0 Å². The van der Waals surface area contributed by atoms with Gasteiger partial charge in [-0.1, -0.05) is 12.1 Å². The average Bonchev–Trinajstić information content (AvgIpc) is 2.45. The lowest BCUT2D eigenvalue weighted by molar-refractivity contribution is -0.0781. The lowest BCUT2D eigenvalue weighted by Gasteiger charge is -2.37. The van der Waals surface area contributed by atoms with Crippen LogP contribution < -0.4 is 0 Å². The molecular weight excluding hydrogens is 292 g/mol. The van der Waals surface area contributed by atoms with Crippen LogP contribution in [0.2, 0.25) is 0 Å². The van der Waals surface area contributed by atoms with Gasteiger partial charge in [0.1, 0.15) is 5.75 Å². The molecule has 4 atom stereocenters. The number of likely N-dealkylation sites (N-methyl/N-ethyl adjacent to an activating group) is 1. The van der Waals surface area contributed by atoms with E-state index >= 15 is 0 Å². The molecule has 0 spiro atoms. The van der Waals surface area contributed by atoms with E-state index in [2.05, 4.69) is 30.6 Å². The molecule has 5 heteroatoms. The first-order chi connectivity index (χ1) is 10.8. The largest absolute Gasteiger partial charge is 0.508 e. The topological polar surface area (TPSA) is 56.2 Å². The number of benzene rings is 1.